The van der Waals surface area contributed by atoms with E-state index in [1.165, 1.54) is 57.6 Å². The third kappa shape index (κ3) is 6.42. The fourth-order valence-electron chi connectivity index (χ4n) is 4.31. The van der Waals surface area contributed by atoms with Crippen LogP contribution in [0.2, 0.25) is 0 Å². The van der Waals surface area contributed by atoms with Crippen molar-refractivity contribution in [2.75, 3.05) is 7.11 Å². The monoisotopic (exact) mass is 360 g/mol. The lowest BCUT2D eigenvalue weighted by Gasteiger charge is -2.24. The minimum atomic E-state index is -0.419. The second-order valence-electron chi connectivity index (χ2n) is 7.77. The summed E-state index contributed by atoms with van der Waals surface area (Å²) in [4.78, 5) is 11.1. The highest BCUT2D eigenvalue weighted by Gasteiger charge is 2.33. The van der Waals surface area contributed by atoms with E-state index in [9.17, 15) is 9.90 Å². The van der Waals surface area contributed by atoms with Crippen LogP contribution in [0.15, 0.2) is 35.5 Å². The minimum absolute atomic E-state index is 0.168. The molecule has 146 valence electrons. The Labute approximate surface area is 159 Å². The van der Waals surface area contributed by atoms with Gasteiger partial charge in [0.15, 0.2) is 0 Å². The Balaban J connectivity index is 1.87. The lowest BCUT2D eigenvalue weighted by atomic mass is 9.81. The van der Waals surface area contributed by atoms with E-state index in [0.29, 0.717) is 12.8 Å². The van der Waals surface area contributed by atoms with E-state index in [1.54, 1.807) is 5.57 Å². The molecule has 0 heterocycles. The van der Waals surface area contributed by atoms with E-state index in [0.717, 1.165) is 24.7 Å². The van der Waals surface area contributed by atoms with Gasteiger partial charge in [0.25, 0.3) is 0 Å². The number of hydrogen-bond acceptors (Lipinski definition) is 3. The molecule has 0 aromatic carbocycles. The van der Waals surface area contributed by atoms with Crippen molar-refractivity contribution in [2.45, 2.75) is 83.7 Å². The van der Waals surface area contributed by atoms with Gasteiger partial charge in [-0.15, -0.1) is 0 Å². The molecule has 26 heavy (non-hydrogen) atoms. The number of esters is 1. The topological polar surface area (TPSA) is 46.5 Å². The van der Waals surface area contributed by atoms with Gasteiger partial charge in [0.2, 0.25) is 0 Å². The van der Waals surface area contributed by atoms with Crippen LogP contribution in [-0.4, -0.2) is 24.3 Å². The van der Waals surface area contributed by atoms with Gasteiger partial charge >= 0.3 is 5.97 Å². The number of hydrogen-bond donors (Lipinski definition) is 1. The molecule has 0 aromatic rings. The minimum Gasteiger partial charge on any atom is -0.469 e. The number of ether oxygens (including phenoxy) is 1. The first kappa shape index (κ1) is 21.0. The number of methoxy groups -OCH3 is 1. The molecule has 2 aliphatic rings. The molecular weight excluding hydrogens is 324 g/mol. The van der Waals surface area contributed by atoms with Crippen LogP contribution >= 0.6 is 0 Å². The average molecular weight is 361 g/mol. The second-order valence-corrected chi connectivity index (χ2v) is 7.77. The van der Waals surface area contributed by atoms with E-state index in [-0.39, 0.29) is 5.97 Å². The van der Waals surface area contributed by atoms with Crippen LogP contribution in [-0.2, 0) is 9.53 Å². The molecule has 0 spiro atoms. The van der Waals surface area contributed by atoms with Crippen LogP contribution in [0, 0.1) is 11.8 Å². The number of unbranched alkanes of at least 4 members (excludes halogenated alkanes) is 3. The summed E-state index contributed by atoms with van der Waals surface area (Å²) in [5, 5.41) is 10.3. The molecule has 3 nitrogen and oxygen atoms in total. The van der Waals surface area contributed by atoms with Gasteiger partial charge in [0.05, 0.1) is 13.2 Å². The molecule has 0 aliphatic heterocycles. The number of aliphatic hydroxyl groups excluding tert-OH is 1. The lowest BCUT2D eigenvalue weighted by molar-refractivity contribution is -0.140. The lowest BCUT2D eigenvalue weighted by Crippen LogP contribution is -2.13. The molecule has 2 aliphatic carbocycles. The Morgan fingerprint density at radius 3 is 2.85 bits per heavy atom. The summed E-state index contributed by atoms with van der Waals surface area (Å²) in [6.07, 6.45) is 19.8. The smallest absolute Gasteiger partial charge is 0.305 e. The standard InChI is InChI=1S/C23H36O3/c1-3-4-5-12-22-19(17-18-10-6-8-13-21(18)22)15-16-20(24)11-7-9-14-23(25)26-2/h6,8,15-16,18,20-21,24H,3-5,7,9-14,17H2,1-2H3/b16-15+. The molecule has 0 radical (unpaired) electrons. The molecule has 3 heteroatoms. The first-order chi connectivity index (χ1) is 12.7. The van der Waals surface area contributed by atoms with Gasteiger partial charge in [-0.2, -0.15) is 0 Å². The van der Waals surface area contributed by atoms with E-state index < -0.39 is 6.10 Å². The maximum atomic E-state index is 11.1. The van der Waals surface area contributed by atoms with Gasteiger partial charge in [-0.1, -0.05) is 49.6 Å². The van der Waals surface area contributed by atoms with Crippen molar-refractivity contribution in [3.05, 3.63) is 35.5 Å². The summed E-state index contributed by atoms with van der Waals surface area (Å²) in [6.45, 7) is 2.26. The SMILES string of the molecule is CCCCCC1=C(/C=C/C(O)CCCCC(=O)OC)CC2CC=CCC12. The number of aliphatic hydroxyl groups is 1. The molecule has 0 saturated carbocycles. The Bertz CT molecular complexity index is 530. The van der Waals surface area contributed by atoms with E-state index in [1.807, 2.05) is 6.08 Å². The van der Waals surface area contributed by atoms with Gasteiger partial charge in [0.1, 0.15) is 0 Å². The summed E-state index contributed by atoms with van der Waals surface area (Å²) in [7, 11) is 1.42. The van der Waals surface area contributed by atoms with Crippen LogP contribution in [0.5, 0.6) is 0 Å². The summed E-state index contributed by atoms with van der Waals surface area (Å²) in [6, 6.07) is 0. The van der Waals surface area contributed by atoms with Gasteiger partial charge in [-0.25, -0.2) is 0 Å². The average Bonchev–Trinajstić information content (AvgIpc) is 3.01. The number of rotatable bonds is 11. The quantitative estimate of drug-likeness (QED) is 0.301. The maximum absolute atomic E-state index is 11.1. The highest BCUT2D eigenvalue weighted by atomic mass is 16.5. The first-order valence-corrected chi connectivity index (χ1v) is 10.5. The predicted octanol–water partition coefficient (Wildman–Crippen LogP) is 5.50. The predicted molar refractivity (Wildman–Crippen MR) is 107 cm³/mol. The number of allylic oxidation sites excluding steroid dienone is 5. The van der Waals surface area contributed by atoms with Crippen molar-refractivity contribution in [1.82, 2.24) is 0 Å². The Kier molecular flexibility index (Phi) is 9.17. The van der Waals surface area contributed by atoms with E-state index in [2.05, 4.69) is 29.9 Å². The van der Waals surface area contributed by atoms with Crippen LogP contribution in [0.25, 0.3) is 0 Å². The summed E-state index contributed by atoms with van der Waals surface area (Å²) >= 11 is 0. The Morgan fingerprint density at radius 2 is 2.08 bits per heavy atom. The van der Waals surface area contributed by atoms with E-state index >= 15 is 0 Å². The number of carbonyl (C=O) groups is 1. The maximum Gasteiger partial charge on any atom is 0.305 e. The number of carbonyl (C=O) groups excluding carboxylic acids is 1. The summed E-state index contributed by atoms with van der Waals surface area (Å²) in [5.74, 6) is 1.33. The zero-order valence-electron chi connectivity index (χ0n) is 16.6. The molecule has 2 rings (SSSR count). The summed E-state index contributed by atoms with van der Waals surface area (Å²) < 4.78 is 4.64. The fourth-order valence-corrected chi connectivity index (χ4v) is 4.31. The van der Waals surface area contributed by atoms with Crippen molar-refractivity contribution in [1.29, 1.82) is 0 Å². The fraction of sp³-hybridized carbons (Fsp3) is 0.696. The van der Waals surface area contributed by atoms with Crippen molar-refractivity contribution in [2.24, 2.45) is 11.8 Å². The van der Waals surface area contributed by atoms with Crippen LogP contribution in [0.3, 0.4) is 0 Å². The highest BCUT2D eigenvalue weighted by molar-refractivity contribution is 5.68. The molecular formula is C23H36O3. The van der Waals surface area contributed by atoms with Crippen molar-refractivity contribution in [3.63, 3.8) is 0 Å². The van der Waals surface area contributed by atoms with Gasteiger partial charge < -0.3 is 9.84 Å². The highest BCUT2D eigenvalue weighted by Crippen LogP contribution is 2.46. The van der Waals surface area contributed by atoms with Crippen LogP contribution in [0.4, 0.5) is 0 Å². The van der Waals surface area contributed by atoms with Crippen molar-refractivity contribution >= 4 is 5.97 Å². The third-order valence-corrected chi connectivity index (χ3v) is 5.83. The van der Waals surface area contributed by atoms with Gasteiger partial charge in [-0.3, -0.25) is 4.79 Å². The molecule has 3 atom stereocenters. The first-order valence-electron chi connectivity index (χ1n) is 10.5. The van der Waals surface area contributed by atoms with Gasteiger partial charge in [0, 0.05) is 6.42 Å². The largest absolute Gasteiger partial charge is 0.469 e. The normalized spacial score (nSPS) is 23.5. The molecule has 0 fully saturated rings. The Morgan fingerprint density at radius 1 is 1.27 bits per heavy atom. The molecule has 3 unspecified atom stereocenters. The van der Waals surface area contributed by atoms with Crippen LogP contribution in [0.1, 0.15) is 77.6 Å². The zero-order valence-corrected chi connectivity index (χ0v) is 16.6. The Hall–Kier alpha value is -1.35. The van der Waals surface area contributed by atoms with Crippen LogP contribution < -0.4 is 0 Å². The zero-order chi connectivity index (χ0) is 18.8. The molecule has 0 amide bonds. The van der Waals surface area contributed by atoms with Crippen molar-refractivity contribution < 1.29 is 14.6 Å². The van der Waals surface area contributed by atoms with Gasteiger partial charge in [-0.05, 0) is 68.8 Å². The molecule has 0 aromatic heterocycles. The third-order valence-electron chi connectivity index (χ3n) is 5.83. The molecule has 0 saturated heterocycles. The van der Waals surface area contributed by atoms with Crippen molar-refractivity contribution in [3.8, 4) is 0 Å². The second kappa shape index (κ2) is 11.4. The number of fused-ring (bicyclic) bond motifs is 1. The molecule has 0 bridgehead atoms. The summed E-state index contributed by atoms with van der Waals surface area (Å²) in [5.41, 5.74) is 3.13. The molecule has 1 N–H and O–H groups in total. The van der Waals surface area contributed by atoms with E-state index in [4.69, 9.17) is 0 Å².